The second-order valence-electron chi connectivity index (χ2n) is 21.1. The van der Waals surface area contributed by atoms with E-state index in [1.165, 1.54) is 38.1 Å². The van der Waals surface area contributed by atoms with Gasteiger partial charge in [-0.3, -0.25) is 43.2 Å². The zero-order valence-electron chi connectivity index (χ0n) is 47.9. The maximum absolute atomic E-state index is 14.3. The predicted molar refractivity (Wildman–Crippen MR) is 305 cm³/mol. The van der Waals surface area contributed by atoms with Gasteiger partial charge in [0.1, 0.15) is 48.6 Å². The van der Waals surface area contributed by atoms with Crippen molar-refractivity contribution in [1.29, 1.82) is 0 Å². The molecule has 1 heterocycles. The van der Waals surface area contributed by atoms with Crippen LogP contribution in [0.5, 0.6) is 5.75 Å². The molecular weight excluding hydrogens is 1100 g/mol. The average Bonchev–Trinajstić information content (AvgIpc) is 4.13. The molecule has 7 amide bonds. The van der Waals surface area contributed by atoms with E-state index in [-0.39, 0.29) is 94.2 Å². The fraction of sp³-hybridized carbons (Fsp3) is 0.579. The van der Waals surface area contributed by atoms with Crippen LogP contribution in [-0.4, -0.2) is 185 Å². The molecule has 1 aliphatic carbocycles. The number of thioether (sulfide) groups is 1. The van der Waals surface area contributed by atoms with E-state index >= 15 is 0 Å². The van der Waals surface area contributed by atoms with E-state index in [2.05, 4.69) is 42.2 Å². The third-order valence-electron chi connectivity index (χ3n) is 13.6. The van der Waals surface area contributed by atoms with E-state index in [0.29, 0.717) is 29.9 Å². The number of hydrogen-bond acceptors (Lipinski definition) is 17. The number of ketones is 1. The third-order valence-corrected chi connectivity index (χ3v) is 14.4. The molecule has 1 aliphatic rings. The number of carbonyl (C=O) groups excluding carboxylic acids is 9. The van der Waals surface area contributed by atoms with Gasteiger partial charge in [0, 0.05) is 67.4 Å². The number of nitrogens with one attached hydrogen (secondary N) is 8. The number of carboxylic acids is 1. The molecule has 1 fully saturated rings. The predicted octanol–water partition coefficient (Wildman–Crippen LogP) is 0.548. The maximum atomic E-state index is 14.3. The number of phenolic OH excluding ortho intramolecular Hbond substituents is 1. The minimum absolute atomic E-state index is 0.00740. The summed E-state index contributed by atoms with van der Waals surface area (Å²) in [4.78, 5) is 136. The number of aliphatic carboxylic acids is 1. The van der Waals surface area contributed by atoms with Gasteiger partial charge in [-0.05, 0) is 67.3 Å². The molecule has 458 valence electrons. The van der Waals surface area contributed by atoms with Crippen LogP contribution < -0.4 is 37.2 Å². The number of aromatic hydroxyl groups is 1. The largest absolute Gasteiger partial charge is 0.508 e. The number of benzene rings is 2. The molecule has 1 saturated carbocycles. The van der Waals surface area contributed by atoms with Crippen LogP contribution in [0.25, 0.3) is 10.9 Å². The molecule has 12 N–H and O–H groups in total. The summed E-state index contributed by atoms with van der Waals surface area (Å²) in [5.41, 5.74) is 1.90. The number of aliphatic hydroxyl groups excluding tert-OH is 2. The second kappa shape index (κ2) is 35.2. The maximum Gasteiger partial charge on any atom is 0.326 e. The lowest BCUT2D eigenvalue weighted by molar-refractivity contribution is -0.142. The minimum atomic E-state index is -1.64. The number of para-hydroxylation sites is 1. The minimum Gasteiger partial charge on any atom is -0.508 e. The van der Waals surface area contributed by atoms with Gasteiger partial charge >= 0.3 is 5.97 Å². The molecule has 0 bridgehead atoms. The Morgan fingerprint density at radius 1 is 0.675 bits per heavy atom. The Bertz CT molecular complexity index is 2650. The number of aromatic amines is 1. The summed E-state index contributed by atoms with van der Waals surface area (Å²) in [5, 5.41) is 60.0. The van der Waals surface area contributed by atoms with Crippen LogP contribution in [0.3, 0.4) is 0 Å². The highest BCUT2D eigenvalue weighted by Gasteiger charge is 2.43. The summed E-state index contributed by atoms with van der Waals surface area (Å²) in [5.74, 6) is -9.49. The summed E-state index contributed by atoms with van der Waals surface area (Å²) in [6, 6.07) is 4.55. The summed E-state index contributed by atoms with van der Waals surface area (Å²) < 4.78 is 16.2. The molecule has 0 radical (unpaired) electrons. The van der Waals surface area contributed by atoms with Crippen molar-refractivity contribution in [3.8, 4) is 5.75 Å². The number of carbonyl (C=O) groups is 10. The molecule has 83 heavy (non-hydrogen) atoms. The van der Waals surface area contributed by atoms with Crippen molar-refractivity contribution in [3.05, 3.63) is 65.9 Å². The summed E-state index contributed by atoms with van der Waals surface area (Å²) in [6.07, 6.45) is 0.993. The van der Waals surface area contributed by atoms with Gasteiger partial charge in [0.25, 0.3) is 0 Å². The molecule has 4 rings (SSSR count). The second-order valence-corrected chi connectivity index (χ2v) is 22.4. The fourth-order valence-corrected chi connectivity index (χ4v) is 9.80. The molecule has 0 saturated heterocycles. The summed E-state index contributed by atoms with van der Waals surface area (Å²) >= 11 is 1.14. The Morgan fingerprint density at radius 2 is 1.31 bits per heavy atom. The number of ether oxygens (including phenoxy) is 3. The lowest BCUT2D eigenvalue weighted by Crippen LogP contribution is -2.61. The van der Waals surface area contributed by atoms with Gasteiger partial charge in [-0.25, -0.2) is 4.79 Å². The Morgan fingerprint density at radius 3 is 1.98 bits per heavy atom. The van der Waals surface area contributed by atoms with E-state index in [1.807, 2.05) is 18.2 Å². The average molecular weight is 1180 g/mol. The molecule has 25 nitrogen and oxygen atoms in total. The van der Waals surface area contributed by atoms with Crippen LogP contribution >= 0.6 is 11.8 Å². The zero-order valence-corrected chi connectivity index (χ0v) is 48.7. The molecule has 0 spiro atoms. The van der Waals surface area contributed by atoms with Crippen LogP contribution in [0, 0.1) is 23.7 Å². The number of aliphatic hydroxyl groups is 2. The van der Waals surface area contributed by atoms with Crippen LogP contribution in [0.15, 0.2) is 54.7 Å². The number of aromatic nitrogens is 1. The number of fused-ring (bicyclic) bond motifs is 1. The van der Waals surface area contributed by atoms with Gasteiger partial charge in [-0.15, -0.1) is 0 Å². The highest BCUT2D eigenvalue weighted by molar-refractivity contribution is 8.13. The Hall–Kier alpha value is -6.97. The van der Waals surface area contributed by atoms with Crippen LogP contribution in [0.1, 0.15) is 84.8 Å². The van der Waals surface area contributed by atoms with E-state index in [1.54, 1.807) is 40.0 Å². The smallest absolute Gasteiger partial charge is 0.326 e. The van der Waals surface area contributed by atoms with Crippen molar-refractivity contribution in [3.63, 3.8) is 0 Å². The van der Waals surface area contributed by atoms with Gasteiger partial charge in [0.05, 0.1) is 45.7 Å². The number of phenols is 1. The monoisotopic (exact) mass is 1180 g/mol. The molecule has 1 unspecified atom stereocenters. The standard InChI is InChI=1S/C57H82N8O17S/c1-32(2)26-43(60-48(71)31-82-23-22-81-21-19-58-47(70)18-20-80-24-25-83-35(6)68)54(75)65-50(34(5)67)56(77)64-49(33(3)4)55(76)63-46(30-66)51(72)40-11-9-12-41(40)52(73)61-44(28-37-29-59-42-13-8-7-10-39(37)42)53(74)62-45(57(78)79)27-36-14-16-38(69)17-15-36/h7-8,10,13-17,29,32-34,40-41,43-46,49-50,59,66-67,69H,9,11-12,18-28,30-31H2,1-6H3,(H,58,70)(H,60,71)(H,61,73)(H,62,74)(H,63,76)(H,64,77)(H,65,75)(H,78,79)/t34-,40?,41-,43+,44+,45+,46+,49+,50+/m1/s1. The van der Waals surface area contributed by atoms with Crippen LogP contribution in [0.4, 0.5) is 0 Å². The first-order valence-electron chi connectivity index (χ1n) is 27.8. The number of hydrogen-bond donors (Lipinski definition) is 12. The molecule has 3 aromatic rings. The number of amides is 7. The van der Waals surface area contributed by atoms with Crippen LogP contribution in [0.2, 0.25) is 0 Å². The first-order valence-corrected chi connectivity index (χ1v) is 28.8. The van der Waals surface area contributed by atoms with Crippen molar-refractivity contribution >= 4 is 80.9 Å². The van der Waals surface area contributed by atoms with Gasteiger partial charge in [0.2, 0.25) is 41.4 Å². The van der Waals surface area contributed by atoms with E-state index in [0.717, 1.165) is 22.7 Å². The van der Waals surface area contributed by atoms with E-state index < -0.39 is 121 Å². The summed E-state index contributed by atoms with van der Waals surface area (Å²) in [6.45, 7) is 9.23. The van der Waals surface area contributed by atoms with Gasteiger partial charge in [-0.1, -0.05) is 76.2 Å². The highest BCUT2D eigenvalue weighted by atomic mass is 32.2. The first-order chi connectivity index (χ1) is 39.5. The highest BCUT2D eigenvalue weighted by Crippen LogP contribution is 2.34. The molecule has 0 aliphatic heterocycles. The lowest BCUT2D eigenvalue weighted by atomic mass is 9.87. The van der Waals surface area contributed by atoms with Crippen molar-refractivity contribution < 1.29 is 82.6 Å². The lowest BCUT2D eigenvalue weighted by Gasteiger charge is -2.30. The first kappa shape index (κ1) is 68.5. The number of Topliss-reactive ketones (excluding diaryl/α,β-unsaturated/α-hetero) is 1. The van der Waals surface area contributed by atoms with Crippen molar-refractivity contribution in [1.82, 2.24) is 42.2 Å². The molecular formula is C57H82N8O17S. The topological polar surface area (TPSA) is 379 Å². The van der Waals surface area contributed by atoms with E-state index in [9.17, 15) is 68.4 Å². The Kier molecular flexibility index (Phi) is 29.1. The molecule has 9 atom stereocenters. The molecule has 26 heteroatoms. The summed E-state index contributed by atoms with van der Waals surface area (Å²) in [7, 11) is 0. The molecule has 1 aromatic heterocycles. The van der Waals surface area contributed by atoms with Gasteiger partial charge < -0.3 is 76.8 Å². The van der Waals surface area contributed by atoms with Gasteiger partial charge in [-0.2, -0.15) is 0 Å². The van der Waals surface area contributed by atoms with Gasteiger partial charge in [0.15, 0.2) is 10.9 Å². The third kappa shape index (κ3) is 23.3. The molecule has 2 aromatic carbocycles. The number of carboxylic acid groups (broad SMARTS) is 1. The Labute approximate surface area is 486 Å². The van der Waals surface area contributed by atoms with Crippen molar-refractivity contribution in [2.75, 3.05) is 58.5 Å². The fourth-order valence-electron chi connectivity index (χ4n) is 9.31. The normalized spacial score (nSPS) is 16.6. The Balaban J connectivity index is 1.33. The number of rotatable bonds is 37. The zero-order chi connectivity index (χ0) is 61.2. The van der Waals surface area contributed by atoms with Crippen molar-refractivity contribution in [2.45, 2.75) is 129 Å². The quantitative estimate of drug-likeness (QED) is 0.0351. The van der Waals surface area contributed by atoms with Crippen LogP contribution in [-0.2, 0) is 75.0 Å². The van der Waals surface area contributed by atoms with E-state index in [4.69, 9.17) is 14.2 Å². The SMILES string of the molecule is CC(=O)SCCOCCC(=O)NCCOCCOCC(=O)N[C@@H](CC(C)C)C(=O)N[C@H](C(=O)N[C@H](C(=O)N[C@@H](CO)C(=O)C1CCC[C@H]1C(=O)N[C@@H](Cc1c[nH]c2ccccc12)C(=O)N[C@@H](Cc1ccc(O)cc1)C(=O)O)C(C)C)[C@@H](C)O. The number of H-pyrrole nitrogens is 1. The van der Waals surface area contributed by atoms with Crippen molar-refractivity contribution in [2.24, 2.45) is 23.7 Å².